The summed E-state index contributed by atoms with van der Waals surface area (Å²) in [4.78, 5) is 22.4. The molecule has 0 aliphatic heterocycles. The number of nitrogens with zero attached hydrogens (tertiary/aromatic N) is 2. The van der Waals surface area contributed by atoms with Crippen LogP contribution in [-0.4, -0.2) is 34.7 Å². The molecule has 0 aliphatic rings. The van der Waals surface area contributed by atoms with Crippen LogP contribution < -0.4 is 16.4 Å². The molecule has 1 rings (SSSR count). The minimum absolute atomic E-state index is 0.269. The lowest BCUT2D eigenvalue weighted by atomic mass is 10.4. The maximum atomic E-state index is 11.3. The summed E-state index contributed by atoms with van der Waals surface area (Å²) in [6, 6.07) is 1.76. The van der Waals surface area contributed by atoms with E-state index < -0.39 is 11.8 Å². The molecule has 0 unspecified atom stereocenters. The van der Waals surface area contributed by atoms with Crippen molar-refractivity contribution >= 4 is 11.8 Å². The summed E-state index contributed by atoms with van der Waals surface area (Å²) < 4.78 is 1.62. The molecule has 88 valence electrons. The zero-order valence-electron chi connectivity index (χ0n) is 9.06. The topological polar surface area (TPSA) is 102 Å². The first-order valence-electron chi connectivity index (χ1n) is 4.88. The van der Waals surface area contributed by atoms with Gasteiger partial charge in [0.15, 0.2) is 0 Å². The normalized spacial score (nSPS) is 9.88. The molecule has 0 saturated carbocycles. The monoisotopic (exact) mass is 225 g/mol. The largest absolute Gasteiger partial charge is 0.347 e. The minimum atomic E-state index is -0.674. The van der Waals surface area contributed by atoms with Gasteiger partial charge in [-0.1, -0.05) is 0 Å². The van der Waals surface area contributed by atoms with E-state index in [4.69, 9.17) is 5.73 Å². The van der Waals surface area contributed by atoms with Gasteiger partial charge in [-0.3, -0.25) is 14.3 Å². The predicted molar refractivity (Wildman–Crippen MR) is 57.1 cm³/mol. The van der Waals surface area contributed by atoms with Crippen LogP contribution in [0.15, 0.2) is 12.3 Å². The van der Waals surface area contributed by atoms with Gasteiger partial charge in [-0.2, -0.15) is 5.10 Å². The third-order valence-electron chi connectivity index (χ3n) is 1.99. The Morgan fingerprint density at radius 3 is 2.69 bits per heavy atom. The van der Waals surface area contributed by atoms with Crippen LogP contribution in [0.3, 0.4) is 0 Å². The van der Waals surface area contributed by atoms with Crippen LogP contribution in [0.25, 0.3) is 0 Å². The molecule has 0 bridgehead atoms. The van der Waals surface area contributed by atoms with Gasteiger partial charge in [-0.25, -0.2) is 0 Å². The predicted octanol–water partition coefficient (Wildman–Crippen LogP) is -1.89. The van der Waals surface area contributed by atoms with E-state index in [2.05, 4.69) is 15.7 Å². The number of rotatable bonds is 4. The fourth-order valence-corrected chi connectivity index (χ4v) is 1.09. The average molecular weight is 225 g/mol. The minimum Gasteiger partial charge on any atom is -0.347 e. The quantitative estimate of drug-likeness (QED) is 0.521. The SMILES string of the molecule is Cn1nccc1CNC(=O)C(=O)NCCN. The van der Waals surface area contributed by atoms with Crippen LogP contribution in [0.4, 0.5) is 0 Å². The summed E-state index contributed by atoms with van der Waals surface area (Å²) in [7, 11) is 1.76. The van der Waals surface area contributed by atoms with Gasteiger partial charge in [0, 0.05) is 26.3 Å². The van der Waals surface area contributed by atoms with E-state index in [0.29, 0.717) is 6.54 Å². The molecule has 1 aromatic rings. The highest BCUT2D eigenvalue weighted by Crippen LogP contribution is 1.94. The van der Waals surface area contributed by atoms with E-state index in [1.165, 1.54) is 0 Å². The van der Waals surface area contributed by atoms with Crippen molar-refractivity contribution in [2.45, 2.75) is 6.54 Å². The first-order valence-corrected chi connectivity index (χ1v) is 4.88. The Hall–Kier alpha value is -1.89. The van der Waals surface area contributed by atoms with Crippen molar-refractivity contribution in [3.05, 3.63) is 18.0 Å². The highest BCUT2D eigenvalue weighted by Gasteiger charge is 2.12. The molecule has 0 aliphatic carbocycles. The van der Waals surface area contributed by atoms with Gasteiger partial charge in [-0.15, -0.1) is 0 Å². The van der Waals surface area contributed by atoms with E-state index in [0.717, 1.165) is 5.69 Å². The van der Waals surface area contributed by atoms with Gasteiger partial charge < -0.3 is 16.4 Å². The first-order chi connectivity index (χ1) is 7.65. The number of amides is 2. The van der Waals surface area contributed by atoms with E-state index in [-0.39, 0.29) is 13.1 Å². The summed E-state index contributed by atoms with van der Waals surface area (Å²) >= 11 is 0. The van der Waals surface area contributed by atoms with Crippen LogP contribution in [-0.2, 0) is 23.2 Å². The molecular formula is C9H15N5O2. The van der Waals surface area contributed by atoms with Gasteiger partial charge in [0.1, 0.15) is 0 Å². The molecule has 2 amide bonds. The lowest BCUT2D eigenvalue weighted by molar-refractivity contribution is -0.139. The molecule has 0 aromatic carbocycles. The number of hydrogen-bond acceptors (Lipinski definition) is 4. The second-order valence-electron chi connectivity index (χ2n) is 3.17. The Kier molecular flexibility index (Phi) is 4.46. The third-order valence-corrected chi connectivity index (χ3v) is 1.99. The fraction of sp³-hybridized carbons (Fsp3) is 0.444. The van der Waals surface area contributed by atoms with Crippen LogP contribution in [0.2, 0.25) is 0 Å². The van der Waals surface area contributed by atoms with Crippen molar-refractivity contribution in [2.24, 2.45) is 12.8 Å². The molecule has 0 fully saturated rings. The van der Waals surface area contributed by atoms with Crippen LogP contribution >= 0.6 is 0 Å². The van der Waals surface area contributed by atoms with Crippen molar-refractivity contribution in [2.75, 3.05) is 13.1 Å². The van der Waals surface area contributed by atoms with Gasteiger partial charge in [0.05, 0.1) is 12.2 Å². The molecular weight excluding hydrogens is 210 g/mol. The van der Waals surface area contributed by atoms with E-state index in [1.807, 2.05) is 0 Å². The Morgan fingerprint density at radius 2 is 2.12 bits per heavy atom. The second-order valence-corrected chi connectivity index (χ2v) is 3.17. The zero-order chi connectivity index (χ0) is 12.0. The molecule has 0 spiro atoms. The summed E-state index contributed by atoms with van der Waals surface area (Å²) in [5.41, 5.74) is 6.01. The third kappa shape index (κ3) is 3.35. The Morgan fingerprint density at radius 1 is 1.44 bits per heavy atom. The van der Waals surface area contributed by atoms with Gasteiger partial charge in [0.25, 0.3) is 0 Å². The maximum Gasteiger partial charge on any atom is 0.309 e. The molecule has 7 heteroatoms. The molecule has 1 aromatic heterocycles. The second kappa shape index (κ2) is 5.86. The number of aromatic nitrogens is 2. The molecule has 16 heavy (non-hydrogen) atoms. The van der Waals surface area contributed by atoms with Crippen molar-refractivity contribution < 1.29 is 9.59 Å². The number of aryl methyl sites for hydroxylation is 1. The van der Waals surface area contributed by atoms with E-state index >= 15 is 0 Å². The summed E-state index contributed by atoms with van der Waals surface area (Å²) in [5.74, 6) is -1.35. The van der Waals surface area contributed by atoms with Crippen molar-refractivity contribution in [1.29, 1.82) is 0 Å². The standard InChI is InChI=1S/C9H15N5O2/c1-14-7(2-4-13-14)6-12-9(16)8(15)11-5-3-10/h2,4H,3,5-6,10H2,1H3,(H,11,15)(H,12,16). The fourth-order valence-electron chi connectivity index (χ4n) is 1.09. The Labute approximate surface area is 93.0 Å². The Balaban J connectivity index is 2.35. The highest BCUT2D eigenvalue weighted by atomic mass is 16.2. The van der Waals surface area contributed by atoms with E-state index in [9.17, 15) is 9.59 Å². The van der Waals surface area contributed by atoms with Gasteiger partial charge in [0.2, 0.25) is 0 Å². The molecule has 1 heterocycles. The van der Waals surface area contributed by atoms with Gasteiger partial charge in [-0.05, 0) is 6.07 Å². The summed E-state index contributed by atoms with van der Waals surface area (Å²) in [6.07, 6.45) is 1.62. The van der Waals surface area contributed by atoms with Crippen molar-refractivity contribution in [1.82, 2.24) is 20.4 Å². The average Bonchev–Trinajstić information content (AvgIpc) is 2.68. The molecule has 0 radical (unpaired) electrons. The number of nitrogens with two attached hydrogens (primary N) is 1. The number of nitrogens with one attached hydrogen (secondary N) is 2. The summed E-state index contributed by atoms with van der Waals surface area (Å²) in [6.45, 7) is 0.865. The van der Waals surface area contributed by atoms with E-state index in [1.54, 1.807) is 24.0 Å². The Bertz CT molecular complexity index is 374. The number of carbonyl (C=O) groups excluding carboxylic acids is 2. The van der Waals surface area contributed by atoms with Crippen molar-refractivity contribution in [3.63, 3.8) is 0 Å². The lowest BCUT2D eigenvalue weighted by Crippen LogP contribution is -2.41. The summed E-state index contributed by atoms with van der Waals surface area (Å²) in [5, 5.41) is 8.80. The van der Waals surface area contributed by atoms with Crippen molar-refractivity contribution in [3.8, 4) is 0 Å². The number of carbonyl (C=O) groups is 2. The zero-order valence-corrected chi connectivity index (χ0v) is 9.06. The molecule has 7 nitrogen and oxygen atoms in total. The molecule has 0 saturated heterocycles. The molecule has 4 N–H and O–H groups in total. The smallest absolute Gasteiger partial charge is 0.309 e. The lowest BCUT2D eigenvalue weighted by Gasteiger charge is -2.05. The molecule has 0 atom stereocenters. The van der Waals surface area contributed by atoms with Crippen LogP contribution in [0, 0.1) is 0 Å². The maximum absolute atomic E-state index is 11.3. The van der Waals surface area contributed by atoms with Crippen LogP contribution in [0.5, 0.6) is 0 Å². The van der Waals surface area contributed by atoms with Gasteiger partial charge >= 0.3 is 11.8 Å². The van der Waals surface area contributed by atoms with Crippen LogP contribution in [0.1, 0.15) is 5.69 Å². The first kappa shape index (κ1) is 12.2. The highest BCUT2D eigenvalue weighted by molar-refractivity contribution is 6.35. The number of hydrogen-bond donors (Lipinski definition) is 3.